The van der Waals surface area contributed by atoms with E-state index in [-0.39, 0.29) is 17.3 Å². The summed E-state index contributed by atoms with van der Waals surface area (Å²) in [4.78, 5) is 21.5. The number of carboxylic acids is 1. The van der Waals surface area contributed by atoms with Gasteiger partial charge in [-0.2, -0.15) is 0 Å². The molecule has 1 aliphatic carbocycles. The third kappa shape index (κ3) is 3.46. The first-order chi connectivity index (χ1) is 9.58. The van der Waals surface area contributed by atoms with Gasteiger partial charge in [0.1, 0.15) is 5.69 Å². The van der Waals surface area contributed by atoms with Gasteiger partial charge in [-0.3, -0.25) is 10.1 Å². The molecule has 0 bridgehead atoms. The summed E-state index contributed by atoms with van der Waals surface area (Å²) >= 11 is 0. The lowest BCUT2D eigenvalue weighted by Crippen LogP contribution is -2.19. The zero-order valence-corrected chi connectivity index (χ0v) is 11.2. The van der Waals surface area contributed by atoms with Crippen LogP contribution >= 0.6 is 0 Å². The van der Waals surface area contributed by atoms with Gasteiger partial charge in [0, 0.05) is 12.1 Å². The third-order valence-electron chi connectivity index (χ3n) is 3.65. The highest BCUT2D eigenvalue weighted by atomic mass is 16.6. The van der Waals surface area contributed by atoms with Crippen molar-refractivity contribution in [2.75, 3.05) is 5.32 Å². The number of aromatic carboxylic acids is 1. The molecule has 1 aromatic rings. The van der Waals surface area contributed by atoms with Crippen LogP contribution in [0.3, 0.4) is 0 Å². The highest BCUT2D eigenvalue weighted by Crippen LogP contribution is 2.29. The van der Waals surface area contributed by atoms with Crippen LogP contribution in [0.4, 0.5) is 11.4 Å². The lowest BCUT2D eigenvalue weighted by Gasteiger charge is -2.17. The van der Waals surface area contributed by atoms with Crippen LogP contribution in [-0.2, 0) is 0 Å². The van der Waals surface area contributed by atoms with Gasteiger partial charge in [-0.25, -0.2) is 4.79 Å². The fourth-order valence-electron chi connectivity index (χ4n) is 2.59. The molecule has 6 nitrogen and oxygen atoms in total. The topological polar surface area (TPSA) is 92.5 Å². The fourth-order valence-corrected chi connectivity index (χ4v) is 2.59. The number of anilines is 1. The van der Waals surface area contributed by atoms with Crippen LogP contribution in [0.25, 0.3) is 0 Å². The van der Waals surface area contributed by atoms with E-state index in [4.69, 9.17) is 5.11 Å². The summed E-state index contributed by atoms with van der Waals surface area (Å²) in [5, 5.41) is 23.2. The van der Waals surface area contributed by atoms with E-state index in [2.05, 4.69) is 5.32 Å². The van der Waals surface area contributed by atoms with Gasteiger partial charge in [0.2, 0.25) is 0 Å². The summed E-state index contributed by atoms with van der Waals surface area (Å²) in [6, 6.07) is 4.05. The maximum absolute atomic E-state index is 11.0. The van der Waals surface area contributed by atoms with Gasteiger partial charge in [-0.05, 0) is 25.0 Å². The largest absolute Gasteiger partial charge is 0.478 e. The Morgan fingerprint density at radius 3 is 2.45 bits per heavy atom. The molecule has 0 unspecified atom stereocenters. The second-order valence-electron chi connectivity index (χ2n) is 5.13. The highest BCUT2D eigenvalue weighted by molar-refractivity contribution is 5.90. The van der Waals surface area contributed by atoms with Gasteiger partial charge in [0.15, 0.2) is 0 Å². The number of hydrogen-bond acceptors (Lipinski definition) is 4. The van der Waals surface area contributed by atoms with E-state index in [1.165, 1.54) is 31.0 Å². The van der Waals surface area contributed by atoms with E-state index in [0.717, 1.165) is 25.7 Å². The minimum atomic E-state index is -1.08. The van der Waals surface area contributed by atoms with Crippen molar-refractivity contribution in [1.82, 2.24) is 0 Å². The van der Waals surface area contributed by atoms with Crippen molar-refractivity contribution < 1.29 is 14.8 Å². The molecule has 2 rings (SSSR count). The quantitative estimate of drug-likeness (QED) is 0.500. The third-order valence-corrected chi connectivity index (χ3v) is 3.65. The van der Waals surface area contributed by atoms with Crippen LogP contribution in [0.2, 0.25) is 0 Å². The number of carboxylic acid groups (broad SMARTS) is 1. The number of nitro benzene ring substituents is 1. The van der Waals surface area contributed by atoms with E-state index < -0.39 is 10.9 Å². The van der Waals surface area contributed by atoms with Gasteiger partial charge in [0.05, 0.1) is 10.5 Å². The van der Waals surface area contributed by atoms with Gasteiger partial charge in [0.25, 0.3) is 5.69 Å². The average molecular weight is 278 g/mol. The molecule has 108 valence electrons. The standard InChI is InChI=1S/C14H18N2O4/c17-14(18)10-7-8-13(16(19)20)12(9-10)15-11-5-3-1-2-4-6-11/h7-9,11,15H,1-6H2,(H,17,18). The van der Waals surface area contributed by atoms with Crippen molar-refractivity contribution in [2.45, 2.75) is 44.6 Å². The molecule has 1 aliphatic rings. The Bertz CT molecular complexity index is 508. The highest BCUT2D eigenvalue weighted by Gasteiger charge is 2.20. The lowest BCUT2D eigenvalue weighted by molar-refractivity contribution is -0.384. The molecule has 0 radical (unpaired) electrons. The summed E-state index contributed by atoms with van der Waals surface area (Å²) in [7, 11) is 0. The van der Waals surface area contributed by atoms with Crippen LogP contribution in [0.1, 0.15) is 48.9 Å². The first-order valence-corrected chi connectivity index (χ1v) is 6.86. The SMILES string of the molecule is O=C(O)c1ccc([N+](=O)[O-])c(NC2CCCCCC2)c1. The summed E-state index contributed by atoms with van der Waals surface area (Å²) in [6.07, 6.45) is 6.52. The molecule has 2 N–H and O–H groups in total. The number of nitrogens with one attached hydrogen (secondary N) is 1. The van der Waals surface area contributed by atoms with Crippen LogP contribution in [-0.4, -0.2) is 22.0 Å². The molecule has 0 atom stereocenters. The summed E-state index contributed by atoms with van der Waals surface area (Å²) < 4.78 is 0. The van der Waals surface area contributed by atoms with Crippen LogP contribution in [0.15, 0.2) is 18.2 Å². The van der Waals surface area contributed by atoms with E-state index in [9.17, 15) is 14.9 Å². The summed E-state index contributed by atoms with van der Waals surface area (Å²) in [5.41, 5.74) is 0.299. The monoisotopic (exact) mass is 278 g/mol. The van der Waals surface area contributed by atoms with Gasteiger partial charge >= 0.3 is 5.97 Å². The summed E-state index contributed by atoms with van der Waals surface area (Å²) in [5.74, 6) is -1.08. The second kappa shape index (κ2) is 6.36. The smallest absolute Gasteiger partial charge is 0.335 e. The Labute approximate surface area is 117 Å². The molecule has 1 aromatic carbocycles. The van der Waals surface area contributed by atoms with Crippen molar-refractivity contribution in [3.8, 4) is 0 Å². The number of hydrogen-bond donors (Lipinski definition) is 2. The first-order valence-electron chi connectivity index (χ1n) is 6.86. The molecule has 6 heteroatoms. The predicted octanol–water partition coefficient (Wildman–Crippen LogP) is 3.43. The Balaban J connectivity index is 2.24. The number of nitro groups is 1. The van der Waals surface area contributed by atoms with E-state index in [1.54, 1.807) is 0 Å². The predicted molar refractivity (Wildman–Crippen MR) is 75.2 cm³/mol. The van der Waals surface area contributed by atoms with E-state index >= 15 is 0 Å². The molecule has 0 aliphatic heterocycles. The molecular weight excluding hydrogens is 260 g/mol. The van der Waals surface area contributed by atoms with Crippen LogP contribution < -0.4 is 5.32 Å². The van der Waals surface area contributed by atoms with Crippen molar-refractivity contribution in [1.29, 1.82) is 0 Å². The summed E-state index contributed by atoms with van der Waals surface area (Å²) in [6.45, 7) is 0. The number of rotatable bonds is 4. The van der Waals surface area contributed by atoms with Gasteiger partial charge in [-0.15, -0.1) is 0 Å². The molecular formula is C14H18N2O4. The number of benzene rings is 1. The Morgan fingerprint density at radius 1 is 1.25 bits per heavy atom. The molecule has 20 heavy (non-hydrogen) atoms. The fraction of sp³-hybridized carbons (Fsp3) is 0.500. The minimum absolute atomic E-state index is 0.0618. The van der Waals surface area contributed by atoms with Crippen molar-refractivity contribution in [2.24, 2.45) is 0 Å². The molecule has 1 saturated carbocycles. The Hall–Kier alpha value is -2.11. The molecule has 0 aromatic heterocycles. The van der Waals surface area contributed by atoms with Crippen molar-refractivity contribution in [3.63, 3.8) is 0 Å². The Kier molecular flexibility index (Phi) is 4.55. The van der Waals surface area contributed by atoms with Crippen molar-refractivity contribution in [3.05, 3.63) is 33.9 Å². The molecule has 1 fully saturated rings. The molecule has 0 saturated heterocycles. The van der Waals surface area contributed by atoms with Crippen LogP contribution in [0.5, 0.6) is 0 Å². The van der Waals surface area contributed by atoms with Gasteiger partial charge < -0.3 is 10.4 Å². The lowest BCUT2D eigenvalue weighted by atomic mass is 10.1. The zero-order chi connectivity index (χ0) is 14.5. The normalized spacial score (nSPS) is 16.4. The van der Waals surface area contributed by atoms with E-state index in [0.29, 0.717) is 5.69 Å². The van der Waals surface area contributed by atoms with Crippen LogP contribution in [0, 0.1) is 10.1 Å². The molecule has 0 heterocycles. The number of nitrogens with zero attached hydrogens (tertiary/aromatic N) is 1. The van der Waals surface area contributed by atoms with Crippen molar-refractivity contribution >= 4 is 17.3 Å². The first kappa shape index (κ1) is 14.3. The zero-order valence-electron chi connectivity index (χ0n) is 11.2. The minimum Gasteiger partial charge on any atom is -0.478 e. The molecule has 0 spiro atoms. The average Bonchev–Trinajstić information content (AvgIpc) is 2.67. The maximum Gasteiger partial charge on any atom is 0.335 e. The maximum atomic E-state index is 11.0. The van der Waals surface area contributed by atoms with Gasteiger partial charge in [-0.1, -0.05) is 25.7 Å². The second-order valence-corrected chi connectivity index (χ2v) is 5.13. The molecule has 0 amide bonds. The Morgan fingerprint density at radius 2 is 1.90 bits per heavy atom. The van der Waals surface area contributed by atoms with E-state index in [1.807, 2.05) is 0 Å². The number of carbonyl (C=O) groups is 1.